The molecular weight excluding hydrogens is 216 g/mol. The van der Waals surface area contributed by atoms with Crippen molar-refractivity contribution in [3.63, 3.8) is 0 Å². The van der Waals surface area contributed by atoms with Crippen molar-refractivity contribution in [3.05, 3.63) is 5.69 Å². The van der Waals surface area contributed by atoms with Crippen molar-refractivity contribution < 1.29 is 19.3 Å². The fraction of sp³-hybridized carbons (Fsp3) is 0.500. The van der Waals surface area contributed by atoms with Gasteiger partial charge in [0.2, 0.25) is 11.5 Å². The summed E-state index contributed by atoms with van der Waals surface area (Å²) in [7, 11) is 0. The van der Waals surface area contributed by atoms with Crippen LogP contribution in [0.2, 0.25) is 0 Å². The standard InChI is InChI=1S/C8H12N4O4/c1-3(2)4(8(14)15)10-7(13)5-6(9)12-16-11-5/h3-4H,1-2H3,(H2,9,12)(H,10,13)(H,14,15)/t4-/m0/s1. The number of hydrogen-bond acceptors (Lipinski definition) is 6. The number of carboxylic acid groups (broad SMARTS) is 1. The lowest BCUT2D eigenvalue weighted by Gasteiger charge is -2.16. The highest BCUT2D eigenvalue weighted by atomic mass is 16.6. The molecule has 1 amide bonds. The molecule has 0 aliphatic rings. The summed E-state index contributed by atoms with van der Waals surface area (Å²) in [5, 5.41) is 17.6. The molecule has 0 unspecified atom stereocenters. The first-order valence-electron chi connectivity index (χ1n) is 4.55. The van der Waals surface area contributed by atoms with E-state index in [0.717, 1.165) is 0 Å². The Bertz CT molecular complexity index is 400. The highest BCUT2D eigenvalue weighted by Crippen LogP contribution is 2.07. The van der Waals surface area contributed by atoms with Gasteiger partial charge in [-0.2, -0.15) is 0 Å². The quantitative estimate of drug-likeness (QED) is 0.632. The van der Waals surface area contributed by atoms with E-state index in [1.54, 1.807) is 13.8 Å². The molecule has 0 bridgehead atoms. The predicted molar refractivity (Wildman–Crippen MR) is 52.4 cm³/mol. The number of hydrogen-bond donors (Lipinski definition) is 3. The smallest absolute Gasteiger partial charge is 0.326 e. The van der Waals surface area contributed by atoms with E-state index in [1.165, 1.54) is 0 Å². The summed E-state index contributed by atoms with van der Waals surface area (Å²) in [4.78, 5) is 22.4. The SMILES string of the molecule is CC(C)[C@H](NC(=O)c1nonc1N)C(=O)O. The van der Waals surface area contributed by atoms with Gasteiger partial charge in [0, 0.05) is 0 Å². The lowest BCUT2D eigenvalue weighted by atomic mass is 10.0. The lowest BCUT2D eigenvalue weighted by molar-refractivity contribution is -0.140. The first kappa shape index (κ1) is 12.0. The summed E-state index contributed by atoms with van der Waals surface area (Å²) < 4.78 is 4.24. The van der Waals surface area contributed by atoms with E-state index in [-0.39, 0.29) is 17.4 Å². The normalized spacial score (nSPS) is 12.4. The number of aliphatic carboxylic acids is 1. The molecule has 0 spiro atoms. The topological polar surface area (TPSA) is 131 Å². The summed E-state index contributed by atoms with van der Waals surface area (Å²) in [6.07, 6.45) is 0. The second kappa shape index (κ2) is 4.60. The Balaban J connectivity index is 2.77. The van der Waals surface area contributed by atoms with Gasteiger partial charge in [-0.25, -0.2) is 9.42 Å². The average Bonchev–Trinajstić information content (AvgIpc) is 2.59. The summed E-state index contributed by atoms with van der Waals surface area (Å²) >= 11 is 0. The van der Waals surface area contributed by atoms with Gasteiger partial charge in [-0.15, -0.1) is 0 Å². The minimum atomic E-state index is -1.13. The van der Waals surface area contributed by atoms with Crippen molar-refractivity contribution in [3.8, 4) is 0 Å². The number of carboxylic acids is 1. The molecule has 88 valence electrons. The third kappa shape index (κ3) is 2.47. The molecule has 8 heteroatoms. The molecular formula is C8H12N4O4. The van der Waals surface area contributed by atoms with E-state index < -0.39 is 17.9 Å². The molecule has 0 saturated heterocycles. The molecule has 0 radical (unpaired) electrons. The molecule has 0 aliphatic carbocycles. The number of rotatable bonds is 4. The zero-order valence-corrected chi connectivity index (χ0v) is 8.80. The molecule has 4 N–H and O–H groups in total. The fourth-order valence-corrected chi connectivity index (χ4v) is 1.08. The molecule has 0 aliphatic heterocycles. The van der Waals surface area contributed by atoms with E-state index in [2.05, 4.69) is 20.3 Å². The van der Waals surface area contributed by atoms with Gasteiger partial charge in [0.15, 0.2) is 0 Å². The monoisotopic (exact) mass is 228 g/mol. The van der Waals surface area contributed by atoms with Crippen molar-refractivity contribution in [1.82, 2.24) is 15.6 Å². The molecule has 1 heterocycles. The largest absolute Gasteiger partial charge is 0.480 e. The zero-order chi connectivity index (χ0) is 12.3. The van der Waals surface area contributed by atoms with Crippen LogP contribution in [0.1, 0.15) is 24.3 Å². The number of carbonyl (C=O) groups is 2. The maximum absolute atomic E-state index is 11.5. The summed E-state index contributed by atoms with van der Waals surface area (Å²) in [5.74, 6) is -2.29. The van der Waals surface area contributed by atoms with Crippen molar-refractivity contribution >= 4 is 17.7 Å². The van der Waals surface area contributed by atoms with E-state index in [0.29, 0.717) is 0 Å². The van der Waals surface area contributed by atoms with Gasteiger partial charge in [0.05, 0.1) is 0 Å². The van der Waals surface area contributed by atoms with Gasteiger partial charge >= 0.3 is 5.97 Å². The van der Waals surface area contributed by atoms with Gasteiger partial charge in [-0.1, -0.05) is 13.8 Å². The van der Waals surface area contributed by atoms with Crippen LogP contribution in [0, 0.1) is 5.92 Å². The summed E-state index contributed by atoms with van der Waals surface area (Å²) in [6.45, 7) is 3.34. The molecule has 1 rings (SSSR count). The average molecular weight is 228 g/mol. The number of carbonyl (C=O) groups excluding carboxylic acids is 1. The van der Waals surface area contributed by atoms with E-state index in [4.69, 9.17) is 10.8 Å². The molecule has 8 nitrogen and oxygen atoms in total. The molecule has 0 fully saturated rings. The first-order valence-corrected chi connectivity index (χ1v) is 4.55. The van der Waals surface area contributed by atoms with Crippen LogP contribution < -0.4 is 11.1 Å². The van der Waals surface area contributed by atoms with Gasteiger partial charge in [-0.05, 0) is 16.2 Å². The van der Waals surface area contributed by atoms with Crippen LogP contribution in [-0.2, 0) is 4.79 Å². The third-order valence-electron chi connectivity index (χ3n) is 1.95. The molecule has 1 aromatic heterocycles. The highest BCUT2D eigenvalue weighted by Gasteiger charge is 2.26. The zero-order valence-electron chi connectivity index (χ0n) is 8.80. The molecule has 1 atom stereocenters. The Kier molecular flexibility index (Phi) is 3.44. The number of nitrogen functional groups attached to an aromatic ring is 1. The van der Waals surface area contributed by atoms with Crippen LogP contribution in [0.4, 0.5) is 5.82 Å². The van der Waals surface area contributed by atoms with Crippen molar-refractivity contribution in [2.45, 2.75) is 19.9 Å². The minimum absolute atomic E-state index is 0.176. The molecule has 0 saturated carbocycles. The summed E-state index contributed by atoms with van der Waals surface area (Å²) in [5.41, 5.74) is 5.08. The Morgan fingerprint density at radius 3 is 2.44 bits per heavy atom. The number of aromatic nitrogens is 2. The number of anilines is 1. The molecule has 0 aromatic carbocycles. The van der Waals surface area contributed by atoms with Crippen LogP contribution in [0.25, 0.3) is 0 Å². The second-order valence-corrected chi connectivity index (χ2v) is 3.53. The van der Waals surface area contributed by atoms with Crippen molar-refractivity contribution in [2.24, 2.45) is 5.92 Å². The Labute approximate surface area is 90.8 Å². The van der Waals surface area contributed by atoms with Crippen LogP contribution in [-0.4, -0.2) is 33.3 Å². The van der Waals surface area contributed by atoms with Crippen LogP contribution in [0.3, 0.4) is 0 Å². The van der Waals surface area contributed by atoms with Gasteiger partial charge < -0.3 is 16.2 Å². The number of amides is 1. The first-order chi connectivity index (χ1) is 7.43. The van der Waals surface area contributed by atoms with E-state index in [9.17, 15) is 9.59 Å². The minimum Gasteiger partial charge on any atom is -0.480 e. The lowest BCUT2D eigenvalue weighted by Crippen LogP contribution is -2.44. The Morgan fingerprint density at radius 1 is 1.44 bits per heavy atom. The maximum Gasteiger partial charge on any atom is 0.326 e. The van der Waals surface area contributed by atoms with Crippen molar-refractivity contribution in [2.75, 3.05) is 5.73 Å². The van der Waals surface area contributed by atoms with Crippen LogP contribution >= 0.6 is 0 Å². The molecule has 16 heavy (non-hydrogen) atoms. The van der Waals surface area contributed by atoms with Gasteiger partial charge in [0.25, 0.3) is 5.91 Å². The van der Waals surface area contributed by atoms with Crippen molar-refractivity contribution in [1.29, 1.82) is 0 Å². The van der Waals surface area contributed by atoms with Crippen LogP contribution in [0.5, 0.6) is 0 Å². The Hall–Kier alpha value is -2.12. The predicted octanol–water partition coefficient (Wildman–Crippen LogP) is -0.509. The third-order valence-corrected chi connectivity index (χ3v) is 1.95. The van der Waals surface area contributed by atoms with Crippen LogP contribution in [0.15, 0.2) is 4.63 Å². The van der Waals surface area contributed by atoms with Gasteiger partial charge in [-0.3, -0.25) is 4.79 Å². The number of nitrogens with one attached hydrogen (secondary N) is 1. The second-order valence-electron chi connectivity index (χ2n) is 3.53. The fourth-order valence-electron chi connectivity index (χ4n) is 1.08. The number of nitrogens with two attached hydrogens (primary N) is 1. The summed E-state index contributed by atoms with van der Waals surface area (Å²) in [6, 6.07) is -1.01. The Morgan fingerprint density at radius 2 is 2.06 bits per heavy atom. The van der Waals surface area contributed by atoms with E-state index in [1.807, 2.05) is 0 Å². The van der Waals surface area contributed by atoms with Gasteiger partial charge in [0.1, 0.15) is 6.04 Å². The molecule has 1 aromatic rings. The highest BCUT2D eigenvalue weighted by molar-refractivity contribution is 5.98. The maximum atomic E-state index is 11.5. The number of nitrogens with zero attached hydrogens (tertiary/aromatic N) is 2. The van der Waals surface area contributed by atoms with E-state index >= 15 is 0 Å².